The molecule has 37 heavy (non-hydrogen) atoms. The third-order valence-corrected chi connectivity index (χ3v) is 7.74. The minimum absolute atomic E-state index is 0.0830. The van der Waals surface area contributed by atoms with Crippen LogP contribution in [-0.4, -0.2) is 54.0 Å². The zero-order valence-corrected chi connectivity index (χ0v) is 22.3. The first-order valence-electron chi connectivity index (χ1n) is 12.5. The van der Waals surface area contributed by atoms with E-state index in [2.05, 4.69) is 63.8 Å². The van der Waals surface area contributed by atoms with Crippen molar-refractivity contribution in [2.45, 2.75) is 25.9 Å². The third kappa shape index (κ3) is 6.15. The maximum absolute atomic E-state index is 12.7. The number of rotatable bonds is 8. The van der Waals surface area contributed by atoms with Crippen LogP contribution in [0.2, 0.25) is 0 Å². The van der Waals surface area contributed by atoms with Crippen molar-refractivity contribution in [2.24, 2.45) is 0 Å². The van der Waals surface area contributed by atoms with Crippen LogP contribution in [0, 0.1) is 6.92 Å². The molecule has 0 aliphatic carbocycles. The summed E-state index contributed by atoms with van der Waals surface area (Å²) >= 11 is 1.43. The Kier molecular flexibility index (Phi) is 7.48. The Morgan fingerprint density at radius 3 is 2.78 bits per heavy atom. The van der Waals surface area contributed by atoms with Gasteiger partial charge in [-0.2, -0.15) is 0 Å². The summed E-state index contributed by atoms with van der Waals surface area (Å²) in [5.41, 5.74) is 5.20. The molecule has 190 valence electrons. The minimum atomic E-state index is -0.0830. The van der Waals surface area contributed by atoms with Gasteiger partial charge in [-0.1, -0.05) is 35.9 Å². The number of anilines is 3. The summed E-state index contributed by atoms with van der Waals surface area (Å²) in [6.45, 7) is 4.63. The fraction of sp³-hybridized carbons (Fsp3) is 0.276. The number of nitrogens with one attached hydrogen (secondary N) is 2. The second-order valence-corrected chi connectivity index (χ2v) is 10.7. The molecule has 1 unspecified atom stereocenters. The molecule has 1 aliphatic rings. The van der Waals surface area contributed by atoms with Crippen LogP contribution in [0.4, 0.5) is 17.3 Å². The van der Waals surface area contributed by atoms with Crippen molar-refractivity contribution in [1.29, 1.82) is 0 Å². The molecule has 1 aliphatic heterocycles. The zero-order valence-electron chi connectivity index (χ0n) is 21.4. The number of carbonyl (C=O) groups excluding carboxylic acids is 1. The molecule has 5 rings (SSSR count). The van der Waals surface area contributed by atoms with Crippen LogP contribution in [0.1, 0.15) is 27.2 Å². The summed E-state index contributed by atoms with van der Waals surface area (Å²) in [5, 5.41) is 6.36. The Morgan fingerprint density at radius 2 is 1.97 bits per heavy atom. The highest BCUT2D eigenvalue weighted by Crippen LogP contribution is 2.29. The van der Waals surface area contributed by atoms with Crippen molar-refractivity contribution in [1.82, 2.24) is 20.2 Å². The van der Waals surface area contributed by atoms with E-state index in [4.69, 9.17) is 4.98 Å². The van der Waals surface area contributed by atoms with Crippen LogP contribution < -0.4 is 15.5 Å². The largest absolute Gasteiger partial charge is 0.370 e. The quantitative estimate of drug-likeness (QED) is 0.333. The van der Waals surface area contributed by atoms with E-state index in [1.807, 2.05) is 49.4 Å². The van der Waals surface area contributed by atoms with Gasteiger partial charge in [0, 0.05) is 43.2 Å². The van der Waals surface area contributed by atoms with Gasteiger partial charge in [0.2, 0.25) is 5.95 Å². The highest BCUT2D eigenvalue weighted by atomic mass is 32.1. The zero-order chi connectivity index (χ0) is 25.8. The summed E-state index contributed by atoms with van der Waals surface area (Å²) in [6, 6.07) is 22.8. The van der Waals surface area contributed by atoms with Crippen LogP contribution in [0.15, 0.2) is 72.9 Å². The average Bonchev–Trinajstić information content (AvgIpc) is 3.59. The SMILES string of the molecule is Cc1cccc(CNC(=O)c2ccc(-c3ccnc(Nc4cccc(N5CCC(N(C)C)C5)c4)n3)s2)c1. The average molecular weight is 513 g/mol. The molecular formula is C29H32N6OS. The number of hydrogen-bond acceptors (Lipinski definition) is 7. The highest BCUT2D eigenvalue weighted by molar-refractivity contribution is 7.17. The van der Waals surface area contributed by atoms with Gasteiger partial charge < -0.3 is 20.4 Å². The third-order valence-electron chi connectivity index (χ3n) is 6.63. The fourth-order valence-electron chi connectivity index (χ4n) is 4.55. The Morgan fingerprint density at radius 1 is 1.11 bits per heavy atom. The number of amides is 1. The highest BCUT2D eigenvalue weighted by Gasteiger charge is 2.24. The van der Waals surface area contributed by atoms with Gasteiger partial charge in [-0.3, -0.25) is 4.79 Å². The molecule has 0 bridgehead atoms. The lowest BCUT2D eigenvalue weighted by Gasteiger charge is -2.22. The van der Waals surface area contributed by atoms with Crippen molar-refractivity contribution < 1.29 is 4.79 Å². The molecule has 1 amide bonds. The number of aromatic nitrogens is 2. The number of hydrogen-bond donors (Lipinski definition) is 2. The minimum Gasteiger partial charge on any atom is -0.370 e. The number of carbonyl (C=O) groups is 1. The molecule has 1 fully saturated rings. The molecule has 1 saturated heterocycles. The Hall–Kier alpha value is -3.75. The Labute approximate surface area is 222 Å². The van der Waals surface area contributed by atoms with Gasteiger partial charge in [-0.15, -0.1) is 11.3 Å². The number of aryl methyl sites for hydroxylation is 1. The summed E-state index contributed by atoms with van der Waals surface area (Å²) in [6.07, 6.45) is 2.91. The second-order valence-electron chi connectivity index (χ2n) is 9.63. The van der Waals surface area contributed by atoms with Crippen LogP contribution in [0.25, 0.3) is 10.6 Å². The van der Waals surface area contributed by atoms with Crippen molar-refractivity contribution in [2.75, 3.05) is 37.4 Å². The van der Waals surface area contributed by atoms with Crippen molar-refractivity contribution in [3.8, 4) is 10.6 Å². The predicted octanol–water partition coefficient (Wildman–Crippen LogP) is 5.33. The fourth-order valence-corrected chi connectivity index (χ4v) is 5.44. The molecule has 0 saturated carbocycles. The summed E-state index contributed by atoms with van der Waals surface area (Å²) < 4.78 is 0. The number of benzene rings is 2. The lowest BCUT2D eigenvalue weighted by atomic mass is 10.1. The van der Waals surface area contributed by atoms with E-state index >= 15 is 0 Å². The molecule has 2 N–H and O–H groups in total. The van der Waals surface area contributed by atoms with Gasteiger partial charge in [0.25, 0.3) is 5.91 Å². The number of nitrogens with zero attached hydrogens (tertiary/aromatic N) is 4. The van der Waals surface area contributed by atoms with Gasteiger partial charge in [-0.25, -0.2) is 9.97 Å². The summed E-state index contributed by atoms with van der Waals surface area (Å²) in [5.74, 6) is 0.446. The Bertz CT molecular complexity index is 1380. The summed E-state index contributed by atoms with van der Waals surface area (Å²) in [7, 11) is 4.29. The van der Waals surface area contributed by atoms with E-state index in [-0.39, 0.29) is 5.91 Å². The molecule has 1 atom stereocenters. The molecule has 3 heterocycles. The lowest BCUT2D eigenvalue weighted by Crippen LogP contribution is -2.31. The van der Waals surface area contributed by atoms with Gasteiger partial charge >= 0.3 is 0 Å². The van der Waals surface area contributed by atoms with E-state index in [9.17, 15) is 4.79 Å². The molecular weight excluding hydrogens is 480 g/mol. The molecule has 2 aromatic heterocycles. The van der Waals surface area contributed by atoms with Gasteiger partial charge in [0.1, 0.15) is 0 Å². The predicted molar refractivity (Wildman–Crippen MR) is 152 cm³/mol. The van der Waals surface area contributed by atoms with E-state index in [0.717, 1.165) is 34.9 Å². The molecule has 4 aromatic rings. The van der Waals surface area contributed by atoms with Crippen LogP contribution in [-0.2, 0) is 6.54 Å². The topological polar surface area (TPSA) is 73.4 Å². The normalized spacial score (nSPS) is 15.2. The van der Waals surface area contributed by atoms with Crippen molar-refractivity contribution in [3.05, 3.63) is 88.9 Å². The van der Waals surface area contributed by atoms with E-state index in [1.165, 1.54) is 29.0 Å². The maximum Gasteiger partial charge on any atom is 0.261 e. The second kappa shape index (κ2) is 11.1. The Balaban J connectivity index is 1.24. The first-order chi connectivity index (χ1) is 17.9. The molecule has 2 aromatic carbocycles. The standard InChI is InChI=1S/C29H32N6OS/c1-20-6-4-7-21(16-20)18-31-28(36)27-11-10-26(37-27)25-12-14-30-29(33-25)32-22-8-5-9-23(17-22)35-15-13-24(19-35)34(2)3/h4-12,14,16-17,24H,13,15,18-19H2,1-3H3,(H,31,36)(H,30,32,33). The molecule has 8 heteroatoms. The van der Waals surface area contributed by atoms with Crippen molar-refractivity contribution >= 4 is 34.6 Å². The van der Waals surface area contributed by atoms with E-state index in [0.29, 0.717) is 23.4 Å². The number of thiophene rings is 1. The van der Waals surface area contributed by atoms with Gasteiger partial charge in [-0.05, 0) is 69.4 Å². The van der Waals surface area contributed by atoms with Gasteiger partial charge in [0.05, 0.1) is 15.4 Å². The van der Waals surface area contributed by atoms with E-state index < -0.39 is 0 Å². The first-order valence-corrected chi connectivity index (χ1v) is 13.3. The van der Waals surface area contributed by atoms with Crippen molar-refractivity contribution in [3.63, 3.8) is 0 Å². The smallest absolute Gasteiger partial charge is 0.261 e. The molecule has 0 spiro atoms. The maximum atomic E-state index is 12.7. The summed E-state index contributed by atoms with van der Waals surface area (Å²) in [4.78, 5) is 28.1. The van der Waals surface area contributed by atoms with Crippen LogP contribution in [0.3, 0.4) is 0 Å². The molecule has 0 radical (unpaired) electrons. The van der Waals surface area contributed by atoms with Gasteiger partial charge in [0.15, 0.2) is 0 Å². The number of likely N-dealkylation sites (N-methyl/N-ethyl adjacent to an activating group) is 1. The molecule has 7 nitrogen and oxygen atoms in total. The first kappa shape index (κ1) is 24.9. The monoisotopic (exact) mass is 512 g/mol. The lowest BCUT2D eigenvalue weighted by molar-refractivity contribution is 0.0955. The van der Waals surface area contributed by atoms with Crippen LogP contribution in [0.5, 0.6) is 0 Å². The van der Waals surface area contributed by atoms with E-state index in [1.54, 1.807) is 6.20 Å². The van der Waals surface area contributed by atoms with Crippen LogP contribution >= 0.6 is 11.3 Å².